The van der Waals surface area contributed by atoms with Crippen molar-refractivity contribution in [1.82, 2.24) is 4.31 Å². The molecule has 19 heavy (non-hydrogen) atoms. The molecule has 5 nitrogen and oxygen atoms in total. The maximum atomic E-state index is 12.2. The lowest BCUT2D eigenvalue weighted by atomic mass is 10.0. The van der Waals surface area contributed by atoms with Crippen LogP contribution in [0.5, 0.6) is 0 Å². The molecule has 0 radical (unpaired) electrons. The summed E-state index contributed by atoms with van der Waals surface area (Å²) in [7, 11) is -3.77. The van der Waals surface area contributed by atoms with Gasteiger partial charge >= 0.3 is 5.97 Å². The first-order valence-electron chi connectivity index (χ1n) is 6.21. The van der Waals surface area contributed by atoms with Gasteiger partial charge in [0.05, 0.1) is 0 Å². The Morgan fingerprint density at radius 1 is 1.21 bits per heavy atom. The van der Waals surface area contributed by atoms with Crippen molar-refractivity contribution in [2.75, 3.05) is 13.1 Å². The number of benzene rings is 1. The summed E-state index contributed by atoms with van der Waals surface area (Å²) in [5.41, 5.74) is 2.28. The summed E-state index contributed by atoms with van der Waals surface area (Å²) < 4.78 is 25.6. The summed E-state index contributed by atoms with van der Waals surface area (Å²) in [6.45, 7) is 1.91. The molecule has 0 aromatic heterocycles. The van der Waals surface area contributed by atoms with E-state index in [0.717, 1.165) is 11.1 Å². The van der Waals surface area contributed by atoms with E-state index in [9.17, 15) is 13.2 Å². The maximum Gasteiger partial charge on any atom is 0.323 e. The number of hydrogen-bond donors (Lipinski definition) is 1. The summed E-state index contributed by atoms with van der Waals surface area (Å²) in [6, 6.07) is 7.85. The third-order valence-corrected chi connectivity index (χ3v) is 5.71. The largest absolute Gasteiger partial charge is 0.480 e. The molecule has 1 heterocycles. The van der Waals surface area contributed by atoms with Gasteiger partial charge in [0.2, 0.25) is 10.0 Å². The first kappa shape index (κ1) is 14.0. The van der Waals surface area contributed by atoms with Gasteiger partial charge in [0.25, 0.3) is 0 Å². The SMILES string of the molecule is CC(C(=O)O)S(=O)(=O)N1CCc2ccccc2CC1. The van der Waals surface area contributed by atoms with Crippen LogP contribution in [0.15, 0.2) is 24.3 Å². The van der Waals surface area contributed by atoms with Gasteiger partial charge in [0.15, 0.2) is 5.25 Å². The molecule has 1 unspecified atom stereocenters. The highest BCUT2D eigenvalue weighted by Crippen LogP contribution is 2.19. The van der Waals surface area contributed by atoms with Crippen molar-refractivity contribution < 1.29 is 18.3 Å². The predicted octanol–water partition coefficient (Wildman–Crippen LogP) is 0.890. The number of fused-ring (bicyclic) bond motifs is 1. The van der Waals surface area contributed by atoms with Gasteiger partial charge in [-0.2, -0.15) is 0 Å². The Bertz CT molecular complexity index is 555. The average molecular weight is 283 g/mol. The van der Waals surface area contributed by atoms with E-state index in [1.165, 1.54) is 11.2 Å². The standard InChI is InChI=1S/C13H17NO4S/c1-10(13(15)16)19(17,18)14-8-6-11-4-2-3-5-12(11)7-9-14/h2-5,10H,6-9H2,1H3,(H,15,16). The number of carboxylic acid groups (broad SMARTS) is 1. The highest BCUT2D eigenvalue weighted by molar-refractivity contribution is 7.90. The number of rotatable bonds is 3. The second kappa shape index (κ2) is 5.30. The third kappa shape index (κ3) is 2.79. The molecule has 1 N–H and O–H groups in total. The van der Waals surface area contributed by atoms with Crippen LogP contribution in [0, 0.1) is 0 Å². The Kier molecular flexibility index (Phi) is 3.91. The Hall–Kier alpha value is -1.40. The minimum Gasteiger partial charge on any atom is -0.480 e. The lowest BCUT2D eigenvalue weighted by Gasteiger charge is -2.22. The fourth-order valence-corrected chi connectivity index (χ4v) is 3.65. The van der Waals surface area contributed by atoms with Crippen LogP contribution in [-0.2, 0) is 27.7 Å². The number of nitrogens with zero attached hydrogens (tertiary/aromatic N) is 1. The molecule has 104 valence electrons. The van der Waals surface area contributed by atoms with E-state index >= 15 is 0 Å². The molecule has 1 aromatic carbocycles. The lowest BCUT2D eigenvalue weighted by molar-refractivity contribution is -0.136. The minimum absolute atomic E-state index is 0.344. The van der Waals surface area contributed by atoms with Gasteiger partial charge < -0.3 is 5.11 Å². The minimum atomic E-state index is -3.77. The van der Waals surface area contributed by atoms with Gasteiger partial charge in [-0.1, -0.05) is 24.3 Å². The third-order valence-electron chi connectivity index (χ3n) is 3.53. The molecule has 0 spiro atoms. The van der Waals surface area contributed by atoms with Gasteiger partial charge in [-0.3, -0.25) is 4.79 Å². The van der Waals surface area contributed by atoms with Gasteiger partial charge in [-0.05, 0) is 30.9 Å². The smallest absolute Gasteiger partial charge is 0.323 e. The highest BCUT2D eigenvalue weighted by Gasteiger charge is 2.34. The number of hydrogen-bond acceptors (Lipinski definition) is 3. The molecule has 0 amide bonds. The number of aliphatic carboxylic acids is 1. The molecular weight excluding hydrogens is 266 g/mol. The average Bonchev–Trinajstić information content (AvgIpc) is 2.60. The second-order valence-corrected chi connectivity index (χ2v) is 6.95. The van der Waals surface area contributed by atoms with Crippen molar-refractivity contribution in [3.63, 3.8) is 0 Å². The molecule has 1 aliphatic rings. The molecule has 2 rings (SSSR count). The molecule has 1 atom stereocenters. The highest BCUT2D eigenvalue weighted by atomic mass is 32.2. The van der Waals surface area contributed by atoms with Crippen LogP contribution < -0.4 is 0 Å². The second-order valence-electron chi connectivity index (χ2n) is 4.69. The topological polar surface area (TPSA) is 74.7 Å². The summed E-state index contributed by atoms with van der Waals surface area (Å²) >= 11 is 0. The van der Waals surface area contributed by atoms with E-state index in [1.807, 2.05) is 24.3 Å². The Labute approximate surface area is 112 Å². The van der Waals surface area contributed by atoms with E-state index < -0.39 is 21.2 Å². The van der Waals surface area contributed by atoms with Crippen LogP contribution in [0.2, 0.25) is 0 Å². The van der Waals surface area contributed by atoms with E-state index in [-0.39, 0.29) is 0 Å². The van der Waals surface area contributed by atoms with Gasteiger partial charge in [0.1, 0.15) is 0 Å². The molecule has 0 fully saturated rings. The van der Waals surface area contributed by atoms with E-state index in [2.05, 4.69) is 0 Å². The number of carbonyl (C=O) groups is 1. The van der Waals surface area contributed by atoms with Crippen molar-refractivity contribution in [3.8, 4) is 0 Å². The van der Waals surface area contributed by atoms with Crippen LogP contribution in [-0.4, -0.2) is 42.1 Å². The van der Waals surface area contributed by atoms with Gasteiger partial charge in [-0.15, -0.1) is 0 Å². The normalized spacial score (nSPS) is 18.4. The molecule has 0 saturated carbocycles. The predicted molar refractivity (Wildman–Crippen MR) is 71.4 cm³/mol. The molecule has 1 aliphatic heterocycles. The van der Waals surface area contributed by atoms with Gasteiger partial charge in [-0.25, -0.2) is 12.7 Å². The maximum absolute atomic E-state index is 12.2. The zero-order valence-corrected chi connectivity index (χ0v) is 11.6. The number of carboxylic acids is 1. The molecule has 6 heteroatoms. The van der Waals surface area contributed by atoms with Crippen LogP contribution >= 0.6 is 0 Å². The lowest BCUT2D eigenvalue weighted by Crippen LogP contribution is -2.42. The first-order chi connectivity index (χ1) is 8.93. The van der Waals surface area contributed by atoms with Crippen LogP contribution in [0.3, 0.4) is 0 Å². The summed E-state index contributed by atoms with van der Waals surface area (Å²) in [5.74, 6) is -1.30. The molecule has 0 saturated heterocycles. The Balaban J connectivity index is 2.20. The fraction of sp³-hybridized carbons (Fsp3) is 0.462. The molecule has 0 bridgehead atoms. The molecular formula is C13H17NO4S. The van der Waals surface area contributed by atoms with E-state index in [1.54, 1.807) is 0 Å². The van der Waals surface area contributed by atoms with E-state index in [4.69, 9.17) is 5.11 Å². The van der Waals surface area contributed by atoms with Crippen molar-refractivity contribution >= 4 is 16.0 Å². The first-order valence-corrected chi connectivity index (χ1v) is 7.72. The Morgan fingerprint density at radius 3 is 2.11 bits per heavy atom. The zero-order valence-electron chi connectivity index (χ0n) is 10.7. The summed E-state index contributed by atoms with van der Waals surface area (Å²) in [5, 5.41) is 7.49. The van der Waals surface area contributed by atoms with Crippen molar-refractivity contribution in [1.29, 1.82) is 0 Å². The quantitative estimate of drug-likeness (QED) is 0.894. The van der Waals surface area contributed by atoms with E-state index in [0.29, 0.717) is 25.9 Å². The van der Waals surface area contributed by atoms with Crippen molar-refractivity contribution in [3.05, 3.63) is 35.4 Å². The monoisotopic (exact) mass is 283 g/mol. The summed E-state index contributed by atoms with van der Waals surface area (Å²) in [4.78, 5) is 10.9. The van der Waals surface area contributed by atoms with Crippen molar-refractivity contribution in [2.24, 2.45) is 0 Å². The molecule has 1 aromatic rings. The fourth-order valence-electron chi connectivity index (χ4n) is 2.25. The van der Waals surface area contributed by atoms with Crippen LogP contribution in [0.1, 0.15) is 18.1 Å². The van der Waals surface area contributed by atoms with Crippen LogP contribution in [0.4, 0.5) is 0 Å². The summed E-state index contributed by atoms with van der Waals surface area (Å²) in [6.07, 6.45) is 1.25. The Morgan fingerprint density at radius 2 is 1.68 bits per heavy atom. The zero-order chi connectivity index (χ0) is 14.0. The van der Waals surface area contributed by atoms with Gasteiger partial charge in [0, 0.05) is 13.1 Å². The van der Waals surface area contributed by atoms with Crippen LogP contribution in [0.25, 0.3) is 0 Å². The van der Waals surface area contributed by atoms with Crippen molar-refractivity contribution in [2.45, 2.75) is 25.0 Å². The molecule has 0 aliphatic carbocycles. The number of sulfonamides is 1.